The van der Waals surface area contributed by atoms with Crippen LogP contribution in [0.5, 0.6) is 0 Å². The number of carbonyl (C=O) groups excluding carboxylic acids is 1. The predicted molar refractivity (Wildman–Crippen MR) is 64.3 cm³/mol. The molecule has 1 fully saturated rings. The predicted octanol–water partition coefficient (Wildman–Crippen LogP) is 1.26. The highest BCUT2D eigenvalue weighted by Gasteiger charge is 2.25. The number of nitrogens with zero attached hydrogens (tertiary/aromatic N) is 1. The summed E-state index contributed by atoms with van der Waals surface area (Å²) < 4.78 is 5.15. The van der Waals surface area contributed by atoms with Crippen LogP contribution in [0.2, 0.25) is 0 Å². The molecule has 5 nitrogen and oxygen atoms in total. The Hall–Kier alpha value is -1.28. The Morgan fingerprint density at radius 3 is 2.88 bits per heavy atom. The van der Waals surface area contributed by atoms with Crippen molar-refractivity contribution in [2.24, 2.45) is 11.8 Å². The maximum atomic E-state index is 11.5. The van der Waals surface area contributed by atoms with E-state index in [1.165, 1.54) is 0 Å². The third-order valence-electron chi connectivity index (χ3n) is 2.70. The highest BCUT2D eigenvalue weighted by atomic mass is 16.6. The highest BCUT2D eigenvalue weighted by molar-refractivity contribution is 5.67. The number of hydrogen-bond acceptors (Lipinski definition) is 4. The largest absolute Gasteiger partial charge is 0.444 e. The van der Waals surface area contributed by atoms with E-state index in [4.69, 9.17) is 10.00 Å². The van der Waals surface area contributed by atoms with Gasteiger partial charge in [-0.1, -0.05) is 0 Å². The van der Waals surface area contributed by atoms with Crippen molar-refractivity contribution in [3.8, 4) is 6.07 Å². The summed E-state index contributed by atoms with van der Waals surface area (Å²) in [6.07, 6.45) is 0.501. The molecule has 0 aromatic rings. The Morgan fingerprint density at radius 1 is 1.59 bits per heavy atom. The quantitative estimate of drug-likeness (QED) is 0.760. The summed E-state index contributed by atoms with van der Waals surface area (Å²) in [6, 6.07) is 2.27. The molecular weight excluding hydrogens is 218 g/mol. The summed E-state index contributed by atoms with van der Waals surface area (Å²) in [7, 11) is 0. The molecule has 1 heterocycles. The topological polar surface area (TPSA) is 74.2 Å². The third-order valence-corrected chi connectivity index (χ3v) is 2.70. The van der Waals surface area contributed by atoms with E-state index >= 15 is 0 Å². The van der Waals surface area contributed by atoms with Crippen molar-refractivity contribution < 1.29 is 9.53 Å². The van der Waals surface area contributed by atoms with Gasteiger partial charge in [-0.3, -0.25) is 0 Å². The smallest absolute Gasteiger partial charge is 0.407 e. The van der Waals surface area contributed by atoms with Crippen molar-refractivity contribution in [2.75, 3.05) is 19.6 Å². The number of nitrogens with one attached hydrogen (secondary N) is 2. The number of nitriles is 1. The molecule has 96 valence electrons. The van der Waals surface area contributed by atoms with Gasteiger partial charge >= 0.3 is 6.09 Å². The zero-order chi connectivity index (χ0) is 12.9. The van der Waals surface area contributed by atoms with E-state index in [0.717, 1.165) is 13.0 Å². The van der Waals surface area contributed by atoms with Gasteiger partial charge in [0.05, 0.1) is 12.0 Å². The molecule has 1 rings (SSSR count). The van der Waals surface area contributed by atoms with Crippen molar-refractivity contribution in [1.29, 1.82) is 5.26 Å². The van der Waals surface area contributed by atoms with Crippen molar-refractivity contribution in [1.82, 2.24) is 10.6 Å². The molecule has 0 spiro atoms. The molecule has 0 aromatic heterocycles. The number of carbonyl (C=O) groups is 1. The van der Waals surface area contributed by atoms with E-state index in [1.54, 1.807) is 0 Å². The molecule has 0 saturated carbocycles. The highest BCUT2D eigenvalue weighted by Crippen LogP contribution is 2.17. The van der Waals surface area contributed by atoms with Crippen LogP contribution in [0.3, 0.4) is 0 Å². The van der Waals surface area contributed by atoms with Gasteiger partial charge in [-0.25, -0.2) is 4.79 Å². The van der Waals surface area contributed by atoms with Gasteiger partial charge < -0.3 is 15.4 Å². The van der Waals surface area contributed by atoms with Crippen LogP contribution in [-0.2, 0) is 4.74 Å². The molecule has 0 aromatic carbocycles. The van der Waals surface area contributed by atoms with Crippen LogP contribution in [0, 0.1) is 23.2 Å². The maximum Gasteiger partial charge on any atom is 0.407 e. The van der Waals surface area contributed by atoms with Crippen LogP contribution in [-0.4, -0.2) is 31.3 Å². The van der Waals surface area contributed by atoms with Crippen LogP contribution < -0.4 is 10.6 Å². The second kappa shape index (κ2) is 5.87. The monoisotopic (exact) mass is 239 g/mol. The first-order valence-electron chi connectivity index (χ1n) is 5.99. The number of hydrogen-bond donors (Lipinski definition) is 2. The minimum atomic E-state index is -0.479. The summed E-state index contributed by atoms with van der Waals surface area (Å²) in [4.78, 5) is 11.5. The maximum absolute atomic E-state index is 11.5. The van der Waals surface area contributed by atoms with Gasteiger partial charge in [0.25, 0.3) is 0 Å². The Bertz CT molecular complexity index is 304. The molecule has 2 N–H and O–H groups in total. The molecule has 0 bridgehead atoms. The number of ether oxygens (including phenoxy) is 1. The lowest BCUT2D eigenvalue weighted by Crippen LogP contribution is -2.42. The Morgan fingerprint density at radius 2 is 2.29 bits per heavy atom. The molecule has 1 aliphatic heterocycles. The van der Waals surface area contributed by atoms with E-state index in [-0.39, 0.29) is 11.8 Å². The molecular formula is C12H21N3O2. The normalized spacial score (nSPS) is 24.8. The molecule has 1 amide bonds. The second-order valence-electron chi connectivity index (χ2n) is 5.37. The van der Waals surface area contributed by atoms with E-state index < -0.39 is 11.7 Å². The molecule has 0 radical (unpaired) electrons. The molecule has 1 aliphatic rings. The number of alkyl carbamates (subject to hydrolysis) is 1. The fraction of sp³-hybridized carbons (Fsp3) is 0.833. The first-order chi connectivity index (χ1) is 7.92. The minimum Gasteiger partial charge on any atom is -0.444 e. The van der Waals surface area contributed by atoms with Crippen LogP contribution >= 0.6 is 0 Å². The van der Waals surface area contributed by atoms with E-state index in [9.17, 15) is 4.79 Å². The number of piperidine rings is 1. The van der Waals surface area contributed by atoms with Crippen LogP contribution in [0.1, 0.15) is 27.2 Å². The molecule has 1 saturated heterocycles. The zero-order valence-corrected chi connectivity index (χ0v) is 10.7. The second-order valence-corrected chi connectivity index (χ2v) is 5.37. The lowest BCUT2D eigenvalue weighted by Gasteiger charge is -2.28. The molecule has 0 unspecified atom stereocenters. The van der Waals surface area contributed by atoms with Crippen molar-refractivity contribution in [3.05, 3.63) is 0 Å². The minimum absolute atomic E-state index is 0.0290. The van der Waals surface area contributed by atoms with Gasteiger partial charge in [0, 0.05) is 13.1 Å². The molecule has 17 heavy (non-hydrogen) atoms. The standard InChI is InChI=1S/C12H21N3O2/c1-12(2,3)17-11(16)15-8-9-4-5-14-7-10(9)6-13/h9-10,14H,4-5,7-8H2,1-3H3,(H,15,16)/t9-,10-/m0/s1. The SMILES string of the molecule is CC(C)(C)OC(=O)NC[C@@H]1CCNC[C@@H]1C#N. The van der Waals surface area contributed by atoms with Gasteiger partial charge in [0.15, 0.2) is 0 Å². The average Bonchev–Trinajstić information content (AvgIpc) is 2.24. The van der Waals surface area contributed by atoms with Crippen LogP contribution in [0.4, 0.5) is 4.79 Å². The van der Waals surface area contributed by atoms with Gasteiger partial charge in [0.1, 0.15) is 5.60 Å². The zero-order valence-electron chi connectivity index (χ0n) is 10.7. The summed E-state index contributed by atoms with van der Waals surface area (Å²) in [5.41, 5.74) is -0.479. The first kappa shape index (κ1) is 13.8. The van der Waals surface area contributed by atoms with Crippen LogP contribution in [0.15, 0.2) is 0 Å². The molecule has 5 heteroatoms. The van der Waals surface area contributed by atoms with Gasteiger partial charge in [-0.05, 0) is 39.7 Å². The van der Waals surface area contributed by atoms with Crippen molar-refractivity contribution in [2.45, 2.75) is 32.8 Å². The summed E-state index contributed by atoms with van der Waals surface area (Å²) in [5.74, 6) is 0.187. The van der Waals surface area contributed by atoms with Crippen molar-refractivity contribution >= 4 is 6.09 Å². The number of rotatable bonds is 2. The van der Waals surface area contributed by atoms with Crippen LogP contribution in [0.25, 0.3) is 0 Å². The summed E-state index contributed by atoms with van der Waals surface area (Å²) >= 11 is 0. The third kappa shape index (κ3) is 5.05. The van der Waals surface area contributed by atoms with Gasteiger partial charge in [0.2, 0.25) is 0 Å². The molecule has 0 aliphatic carbocycles. The van der Waals surface area contributed by atoms with Gasteiger partial charge in [-0.2, -0.15) is 5.26 Å². The Kier molecular flexibility index (Phi) is 4.76. The fourth-order valence-corrected chi connectivity index (χ4v) is 1.84. The summed E-state index contributed by atoms with van der Waals surface area (Å²) in [6.45, 7) is 7.60. The lowest BCUT2D eigenvalue weighted by atomic mass is 9.87. The first-order valence-corrected chi connectivity index (χ1v) is 5.99. The van der Waals surface area contributed by atoms with E-state index in [0.29, 0.717) is 13.1 Å². The lowest BCUT2D eigenvalue weighted by molar-refractivity contribution is 0.0512. The number of amides is 1. The fourth-order valence-electron chi connectivity index (χ4n) is 1.84. The average molecular weight is 239 g/mol. The van der Waals surface area contributed by atoms with Gasteiger partial charge in [-0.15, -0.1) is 0 Å². The Labute approximate surface area is 103 Å². The Balaban J connectivity index is 2.34. The van der Waals surface area contributed by atoms with Crippen molar-refractivity contribution in [3.63, 3.8) is 0 Å². The van der Waals surface area contributed by atoms with E-state index in [1.807, 2.05) is 20.8 Å². The molecule has 2 atom stereocenters. The van der Waals surface area contributed by atoms with E-state index in [2.05, 4.69) is 16.7 Å². The summed E-state index contributed by atoms with van der Waals surface area (Å²) in [5, 5.41) is 14.9.